The van der Waals surface area contributed by atoms with Crippen LogP contribution in [0.15, 0.2) is 67.3 Å². The molecule has 3 heterocycles. The Morgan fingerprint density at radius 3 is 2.60 bits per heavy atom. The highest BCUT2D eigenvalue weighted by Crippen LogP contribution is 2.26. The lowest BCUT2D eigenvalue weighted by Gasteiger charge is -2.20. The van der Waals surface area contributed by atoms with Crippen molar-refractivity contribution in [2.75, 3.05) is 18.0 Å². The molecule has 0 spiro atoms. The fourth-order valence-electron chi connectivity index (χ4n) is 3.83. The Morgan fingerprint density at radius 2 is 1.83 bits per heavy atom. The summed E-state index contributed by atoms with van der Waals surface area (Å²) >= 11 is 0. The summed E-state index contributed by atoms with van der Waals surface area (Å²) in [5.41, 5.74) is 3.50. The van der Waals surface area contributed by atoms with Gasteiger partial charge in [0.15, 0.2) is 0 Å². The maximum absolute atomic E-state index is 13.1. The van der Waals surface area contributed by atoms with Gasteiger partial charge in [-0.05, 0) is 42.7 Å². The van der Waals surface area contributed by atoms with Crippen LogP contribution in [0.4, 0.5) is 5.82 Å². The molecule has 0 saturated carbocycles. The SMILES string of the molecule is O=C(NCc1ccc(-n2cncn2)cc1)c1cc2ccccc2nc1N1CCCC1. The van der Waals surface area contributed by atoms with E-state index in [0.29, 0.717) is 12.1 Å². The van der Waals surface area contributed by atoms with Crippen LogP contribution in [0.5, 0.6) is 0 Å². The lowest BCUT2D eigenvalue weighted by molar-refractivity contribution is 0.0951. The summed E-state index contributed by atoms with van der Waals surface area (Å²) in [6.45, 7) is 2.33. The summed E-state index contributed by atoms with van der Waals surface area (Å²) in [4.78, 5) is 24.1. The van der Waals surface area contributed by atoms with Gasteiger partial charge >= 0.3 is 0 Å². The number of rotatable bonds is 5. The molecule has 0 radical (unpaired) electrons. The van der Waals surface area contributed by atoms with Crippen LogP contribution in [0.3, 0.4) is 0 Å². The maximum atomic E-state index is 13.1. The number of nitrogens with one attached hydrogen (secondary N) is 1. The first-order valence-corrected chi connectivity index (χ1v) is 10.1. The van der Waals surface area contributed by atoms with E-state index in [9.17, 15) is 4.79 Å². The molecule has 7 heteroatoms. The Balaban J connectivity index is 1.37. The second-order valence-corrected chi connectivity index (χ2v) is 7.44. The van der Waals surface area contributed by atoms with E-state index in [1.54, 1.807) is 11.0 Å². The molecule has 0 unspecified atom stereocenters. The van der Waals surface area contributed by atoms with Crippen molar-refractivity contribution in [3.8, 4) is 5.69 Å². The van der Waals surface area contributed by atoms with Gasteiger partial charge in [-0.3, -0.25) is 4.79 Å². The molecule has 1 fully saturated rings. The van der Waals surface area contributed by atoms with Gasteiger partial charge in [-0.15, -0.1) is 0 Å². The van der Waals surface area contributed by atoms with Crippen molar-refractivity contribution in [2.45, 2.75) is 19.4 Å². The first-order chi connectivity index (χ1) is 14.8. The predicted molar refractivity (Wildman–Crippen MR) is 116 cm³/mol. The number of carbonyl (C=O) groups is 1. The molecule has 0 atom stereocenters. The number of fused-ring (bicyclic) bond motifs is 1. The van der Waals surface area contributed by atoms with Gasteiger partial charge in [-0.25, -0.2) is 14.6 Å². The van der Waals surface area contributed by atoms with Crippen LogP contribution in [-0.4, -0.2) is 38.7 Å². The highest BCUT2D eigenvalue weighted by atomic mass is 16.1. The van der Waals surface area contributed by atoms with Gasteiger partial charge in [-0.2, -0.15) is 5.10 Å². The van der Waals surface area contributed by atoms with E-state index < -0.39 is 0 Å². The molecule has 1 saturated heterocycles. The van der Waals surface area contributed by atoms with Gasteiger partial charge in [0.05, 0.1) is 16.8 Å². The average Bonchev–Trinajstić information content (AvgIpc) is 3.51. The summed E-state index contributed by atoms with van der Waals surface area (Å²) in [6, 6.07) is 17.8. The zero-order valence-corrected chi connectivity index (χ0v) is 16.5. The standard InChI is InChI=1S/C23H22N6O/c30-23(25-14-17-7-9-19(10-8-17)29-16-24-15-26-29)20-13-18-5-1-2-6-21(18)27-22(20)28-11-3-4-12-28/h1-2,5-10,13,15-16H,3-4,11-12,14H2,(H,25,30). The van der Waals surface area contributed by atoms with Crippen molar-refractivity contribution in [1.29, 1.82) is 0 Å². The number of amides is 1. The molecule has 4 aromatic rings. The van der Waals surface area contributed by atoms with E-state index in [-0.39, 0.29) is 5.91 Å². The third-order valence-corrected chi connectivity index (χ3v) is 5.43. The molecular formula is C23H22N6O. The average molecular weight is 398 g/mol. The molecule has 2 aromatic heterocycles. The van der Waals surface area contributed by atoms with Crippen LogP contribution in [-0.2, 0) is 6.54 Å². The summed E-state index contributed by atoms with van der Waals surface area (Å²) in [5.74, 6) is 0.681. The lowest BCUT2D eigenvalue weighted by Crippen LogP contribution is -2.28. The monoisotopic (exact) mass is 398 g/mol. The van der Waals surface area contributed by atoms with E-state index in [4.69, 9.17) is 4.98 Å². The number of pyridine rings is 1. The number of anilines is 1. The second-order valence-electron chi connectivity index (χ2n) is 7.44. The molecule has 2 aromatic carbocycles. The quantitative estimate of drug-likeness (QED) is 0.558. The molecular weight excluding hydrogens is 376 g/mol. The topological polar surface area (TPSA) is 75.9 Å². The third kappa shape index (κ3) is 3.61. The molecule has 1 amide bonds. The van der Waals surface area contributed by atoms with Crippen molar-refractivity contribution in [3.05, 3.63) is 78.4 Å². The van der Waals surface area contributed by atoms with Gasteiger partial charge in [0.2, 0.25) is 0 Å². The Morgan fingerprint density at radius 1 is 1.03 bits per heavy atom. The summed E-state index contributed by atoms with van der Waals surface area (Å²) in [7, 11) is 0. The Bertz CT molecular complexity index is 1160. The molecule has 150 valence electrons. The fraction of sp³-hybridized carbons (Fsp3) is 0.217. The van der Waals surface area contributed by atoms with Crippen molar-refractivity contribution >= 4 is 22.6 Å². The predicted octanol–water partition coefficient (Wildman–Crippen LogP) is 3.35. The fourth-order valence-corrected chi connectivity index (χ4v) is 3.83. The highest BCUT2D eigenvalue weighted by molar-refractivity contribution is 6.02. The maximum Gasteiger partial charge on any atom is 0.255 e. The summed E-state index contributed by atoms with van der Waals surface area (Å²) in [6.07, 6.45) is 5.43. The normalized spacial score (nSPS) is 13.7. The number of hydrogen-bond acceptors (Lipinski definition) is 5. The van der Waals surface area contributed by atoms with Crippen molar-refractivity contribution in [2.24, 2.45) is 0 Å². The highest BCUT2D eigenvalue weighted by Gasteiger charge is 2.22. The molecule has 7 nitrogen and oxygen atoms in total. The largest absolute Gasteiger partial charge is 0.356 e. The molecule has 30 heavy (non-hydrogen) atoms. The van der Waals surface area contributed by atoms with E-state index in [1.807, 2.05) is 54.6 Å². The van der Waals surface area contributed by atoms with Crippen LogP contribution in [0.25, 0.3) is 16.6 Å². The zero-order valence-electron chi connectivity index (χ0n) is 16.5. The third-order valence-electron chi connectivity index (χ3n) is 5.43. The van der Waals surface area contributed by atoms with Gasteiger partial charge in [0.1, 0.15) is 18.5 Å². The number of carbonyl (C=O) groups excluding carboxylic acids is 1. The summed E-state index contributed by atoms with van der Waals surface area (Å²) in [5, 5.41) is 8.16. The second kappa shape index (κ2) is 7.94. The van der Waals surface area contributed by atoms with Crippen LogP contribution in [0.2, 0.25) is 0 Å². The van der Waals surface area contributed by atoms with Gasteiger partial charge in [0, 0.05) is 25.0 Å². The van der Waals surface area contributed by atoms with E-state index >= 15 is 0 Å². The van der Waals surface area contributed by atoms with Gasteiger partial charge in [-0.1, -0.05) is 30.3 Å². The Labute approximate surface area is 174 Å². The van der Waals surface area contributed by atoms with Crippen LogP contribution >= 0.6 is 0 Å². The van der Waals surface area contributed by atoms with Crippen molar-refractivity contribution in [3.63, 3.8) is 0 Å². The van der Waals surface area contributed by atoms with Crippen molar-refractivity contribution < 1.29 is 4.79 Å². The van der Waals surface area contributed by atoms with Crippen molar-refractivity contribution in [1.82, 2.24) is 25.1 Å². The molecule has 0 bridgehead atoms. The van der Waals surface area contributed by atoms with Crippen LogP contribution < -0.4 is 10.2 Å². The minimum Gasteiger partial charge on any atom is -0.356 e. The summed E-state index contributed by atoms with van der Waals surface area (Å²) < 4.78 is 1.70. The Kier molecular flexibility index (Phi) is 4.85. The zero-order chi connectivity index (χ0) is 20.3. The minimum absolute atomic E-state index is 0.101. The lowest BCUT2D eigenvalue weighted by atomic mass is 10.1. The van der Waals surface area contributed by atoms with Crippen LogP contribution in [0.1, 0.15) is 28.8 Å². The number of nitrogens with zero attached hydrogens (tertiary/aromatic N) is 5. The first kappa shape index (κ1) is 18.3. The van der Waals surface area contributed by atoms with Crippen LogP contribution in [0, 0.1) is 0 Å². The molecule has 1 aliphatic heterocycles. The number of aromatic nitrogens is 4. The molecule has 1 N–H and O–H groups in total. The first-order valence-electron chi connectivity index (χ1n) is 10.1. The van der Waals surface area contributed by atoms with Gasteiger partial charge < -0.3 is 10.2 Å². The molecule has 5 rings (SSSR count). The van der Waals surface area contributed by atoms with Gasteiger partial charge in [0.25, 0.3) is 5.91 Å². The van der Waals surface area contributed by atoms with E-state index in [2.05, 4.69) is 20.3 Å². The number of benzene rings is 2. The van der Waals surface area contributed by atoms with E-state index in [0.717, 1.165) is 53.9 Å². The molecule has 1 aliphatic rings. The smallest absolute Gasteiger partial charge is 0.255 e. The minimum atomic E-state index is -0.101. The Hall–Kier alpha value is -3.74. The number of hydrogen-bond donors (Lipinski definition) is 1. The molecule has 0 aliphatic carbocycles. The number of para-hydroxylation sites is 1. The van der Waals surface area contributed by atoms with E-state index in [1.165, 1.54) is 6.33 Å².